The van der Waals surface area contributed by atoms with Gasteiger partial charge in [0.15, 0.2) is 0 Å². The molecule has 0 bridgehead atoms. The molecule has 0 aromatic rings. The molecule has 2 atom stereocenters. The molecule has 0 aliphatic heterocycles. The van der Waals surface area contributed by atoms with Crippen molar-refractivity contribution in [2.24, 2.45) is 11.1 Å². The molecule has 1 aliphatic carbocycles. The van der Waals surface area contributed by atoms with E-state index >= 15 is 0 Å². The molecule has 0 saturated heterocycles. The Bertz CT molecular complexity index is 250. The Hall–Kier alpha value is -0.830. The average molecular weight is 196 g/mol. The minimum atomic E-state index is -0.366. The molecule has 3 nitrogen and oxygen atoms in total. The predicted octanol–water partition coefficient (Wildman–Crippen LogP) is 1.20. The van der Waals surface area contributed by atoms with Crippen LogP contribution >= 0.6 is 0 Å². The first kappa shape index (κ1) is 11.2. The molecule has 80 valence electrons. The Morgan fingerprint density at radius 3 is 2.79 bits per heavy atom. The summed E-state index contributed by atoms with van der Waals surface area (Å²) in [5.41, 5.74) is 6.54. The van der Waals surface area contributed by atoms with Crippen LogP contribution in [0.15, 0.2) is 12.2 Å². The maximum Gasteiger partial charge on any atom is 0.227 e. The summed E-state index contributed by atoms with van der Waals surface area (Å²) < 4.78 is 0. The molecule has 2 unspecified atom stereocenters. The molecule has 1 amide bonds. The second-order valence-electron chi connectivity index (χ2n) is 4.56. The SMILES string of the molecule is C=C(C)CNC(=O)C1(C)CCCC1N. The van der Waals surface area contributed by atoms with Crippen molar-refractivity contribution >= 4 is 5.91 Å². The van der Waals surface area contributed by atoms with Gasteiger partial charge in [-0.2, -0.15) is 0 Å². The van der Waals surface area contributed by atoms with E-state index in [0.717, 1.165) is 24.8 Å². The quantitative estimate of drug-likeness (QED) is 0.666. The number of amides is 1. The highest BCUT2D eigenvalue weighted by molar-refractivity contribution is 5.83. The van der Waals surface area contributed by atoms with E-state index in [1.807, 2.05) is 13.8 Å². The lowest BCUT2D eigenvalue weighted by Crippen LogP contribution is -2.47. The van der Waals surface area contributed by atoms with Crippen LogP contribution in [0.3, 0.4) is 0 Å². The highest BCUT2D eigenvalue weighted by Crippen LogP contribution is 2.36. The van der Waals surface area contributed by atoms with Crippen LogP contribution in [0, 0.1) is 5.41 Å². The van der Waals surface area contributed by atoms with Crippen molar-refractivity contribution in [3.8, 4) is 0 Å². The average Bonchev–Trinajstić information content (AvgIpc) is 2.44. The van der Waals surface area contributed by atoms with E-state index in [-0.39, 0.29) is 17.4 Å². The van der Waals surface area contributed by atoms with Crippen LogP contribution in [0.2, 0.25) is 0 Å². The highest BCUT2D eigenvalue weighted by atomic mass is 16.2. The number of nitrogens with one attached hydrogen (secondary N) is 1. The lowest BCUT2D eigenvalue weighted by molar-refractivity contribution is -0.130. The molecule has 0 aromatic heterocycles. The second kappa shape index (κ2) is 4.13. The molecule has 14 heavy (non-hydrogen) atoms. The lowest BCUT2D eigenvalue weighted by atomic mass is 9.84. The van der Waals surface area contributed by atoms with Gasteiger partial charge in [-0.05, 0) is 26.7 Å². The van der Waals surface area contributed by atoms with Crippen LogP contribution in [0.25, 0.3) is 0 Å². The fraction of sp³-hybridized carbons (Fsp3) is 0.727. The third-order valence-electron chi connectivity index (χ3n) is 3.10. The third-order valence-corrected chi connectivity index (χ3v) is 3.10. The standard InChI is InChI=1S/C11H20N2O/c1-8(2)7-13-10(14)11(3)6-4-5-9(11)12/h9H,1,4-7,12H2,2-3H3,(H,13,14). The zero-order valence-corrected chi connectivity index (χ0v) is 9.10. The maximum absolute atomic E-state index is 11.8. The summed E-state index contributed by atoms with van der Waals surface area (Å²) in [6.07, 6.45) is 2.91. The van der Waals surface area contributed by atoms with Crippen LogP contribution in [0.5, 0.6) is 0 Å². The zero-order chi connectivity index (χ0) is 10.8. The van der Waals surface area contributed by atoms with Gasteiger partial charge in [-0.3, -0.25) is 4.79 Å². The number of hydrogen-bond donors (Lipinski definition) is 2. The fourth-order valence-corrected chi connectivity index (χ4v) is 1.91. The first-order chi connectivity index (χ1) is 6.47. The monoisotopic (exact) mass is 196 g/mol. The molecule has 1 fully saturated rings. The fourth-order valence-electron chi connectivity index (χ4n) is 1.91. The topological polar surface area (TPSA) is 55.1 Å². The molecule has 1 aliphatic rings. The van der Waals surface area contributed by atoms with Crippen molar-refractivity contribution in [1.29, 1.82) is 0 Å². The van der Waals surface area contributed by atoms with E-state index in [1.54, 1.807) is 0 Å². The van der Waals surface area contributed by atoms with Crippen LogP contribution in [0.4, 0.5) is 0 Å². The van der Waals surface area contributed by atoms with Crippen molar-refractivity contribution in [2.45, 2.75) is 39.2 Å². The molecular formula is C11H20N2O. The van der Waals surface area contributed by atoms with Gasteiger partial charge in [0, 0.05) is 12.6 Å². The van der Waals surface area contributed by atoms with E-state index in [0.29, 0.717) is 6.54 Å². The van der Waals surface area contributed by atoms with Gasteiger partial charge in [0.2, 0.25) is 5.91 Å². The number of rotatable bonds is 3. The van der Waals surface area contributed by atoms with E-state index in [9.17, 15) is 4.79 Å². The Balaban J connectivity index is 2.54. The Morgan fingerprint density at radius 1 is 1.71 bits per heavy atom. The lowest BCUT2D eigenvalue weighted by Gasteiger charge is -2.27. The summed E-state index contributed by atoms with van der Waals surface area (Å²) in [7, 11) is 0. The first-order valence-electron chi connectivity index (χ1n) is 5.15. The van der Waals surface area contributed by atoms with E-state index in [2.05, 4.69) is 11.9 Å². The van der Waals surface area contributed by atoms with Gasteiger partial charge < -0.3 is 11.1 Å². The van der Waals surface area contributed by atoms with E-state index < -0.39 is 0 Å². The maximum atomic E-state index is 11.8. The van der Waals surface area contributed by atoms with Crippen LogP contribution in [-0.4, -0.2) is 18.5 Å². The van der Waals surface area contributed by atoms with Gasteiger partial charge in [-0.1, -0.05) is 18.6 Å². The smallest absolute Gasteiger partial charge is 0.227 e. The predicted molar refractivity (Wildman–Crippen MR) is 57.8 cm³/mol. The zero-order valence-electron chi connectivity index (χ0n) is 9.10. The van der Waals surface area contributed by atoms with Gasteiger partial charge in [0.05, 0.1) is 5.41 Å². The highest BCUT2D eigenvalue weighted by Gasteiger charge is 2.42. The molecule has 3 heteroatoms. The summed E-state index contributed by atoms with van der Waals surface area (Å²) in [6.45, 7) is 8.16. The van der Waals surface area contributed by atoms with Crippen LogP contribution < -0.4 is 11.1 Å². The Morgan fingerprint density at radius 2 is 2.36 bits per heavy atom. The molecule has 0 aromatic carbocycles. The number of nitrogens with two attached hydrogens (primary N) is 1. The molecule has 1 rings (SSSR count). The van der Waals surface area contributed by atoms with Crippen molar-refractivity contribution < 1.29 is 4.79 Å². The molecule has 1 saturated carbocycles. The summed E-state index contributed by atoms with van der Waals surface area (Å²) in [5, 5.41) is 2.88. The van der Waals surface area contributed by atoms with Gasteiger partial charge in [0.1, 0.15) is 0 Å². The number of hydrogen-bond acceptors (Lipinski definition) is 2. The normalized spacial score (nSPS) is 31.5. The molecule has 0 heterocycles. The minimum absolute atomic E-state index is 0.00706. The summed E-state index contributed by atoms with van der Waals surface area (Å²) >= 11 is 0. The molecule has 0 spiro atoms. The van der Waals surface area contributed by atoms with Crippen LogP contribution in [-0.2, 0) is 4.79 Å². The first-order valence-corrected chi connectivity index (χ1v) is 5.15. The van der Waals surface area contributed by atoms with Gasteiger partial charge in [0.25, 0.3) is 0 Å². The number of carbonyl (C=O) groups is 1. The summed E-state index contributed by atoms with van der Waals surface area (Å²) in [5.74, 6) is 0.0745. The van der Waals surface area contributed by atoms with E-state index in [4.69, 9.17) is 5.73 Å². The van der Waals surface area contributed by atoms with Gasteiger partial charge in [-0.25, -0.2) is 0 Å². The van der Waals surface area contributed by atoms with Crippen molar-refractivity contribution in [3.63, 3.8) is 0 Å². The largest absolute Gasteiger partial charge is 0.352 e. The van der Waals surface area contributed by atoms with Crippen LogP contribution in [0.1, 0.15) is 33.1 Å². The van der Waals surface area contributed by atoms with Gasteiger partial charge in [-0.15, -0.1) is 0 Å². The van der Waals surface area contributed by atoms with Crippen molar-refractivity contribution in [2.75, 3.05) is 6.54 Å². The summed E-state index contributed by atoms with van der Waals surface area (Å²) in [6, 6.07) is 0.00706. The van der Waals surface area contributed by atoms with Gasteiger partial charge >= 0.3 is 0 Å². The van der Waals surface area contributed by atoms with E-state index in [1.165, 1.54) is 0 Å². The Labute approximate surface area is 85.7 Å². The molecule has 3 N–H and O–H groups in total. The molecule has 0 radical (unpaired) electrons. The third kappa shape index (κ3) is 2.15. The van der Waals surface area contributed by atoms with Crippen molar-refractivity contribution in [1.82, 2.24) is 5.32 Å². The second-order valence-corrected chi connectivity index (χ2v) is 4.56. The molecular weight excluding hydrogens is 176 g/mol. The summed E-state index contributed by atoms with van der Waals surface area (Å²) in [4.78, 5) is 11.8. The van der Waals surface area contributed by atoms with Crippen molar-refractivity contribution in [3.05, 3.63) is 12.2 Å². The number of carbonyl (C=O) groups excluding carboxylic acids is 1. The minimum Gasteiger partial charge on any atom is -0.352 e. The Kier molecular flexibility index (Phi) is 3.32.